The van der Waals surface area contributed by atoms with Crippen molar-refractivity contribution in [2.24, 2.45) is 29.6 Å². The highest BCUT2D eigenvalue weighted by molar-refractivity contribution is 6.74. The third-order valence-electron chi connectivity index (χ3n) is 9.98. The molecule has 0 radical (unpaired) electrons. The Morgan fingerprint density at radius 3 is 1.71 bits per heavy atom. The van der Waals surface area contributed by atoms with Crippen LogP contribution in [-0.2, 0) is 8.85 Å². The van der Waals surface area contributed by atoms with E-state index in [1.807, 2.05) is 19.2 Å². The van der Waals surface area contributed by atoms with E-state index in [1.54, 1.807) is 6.08 Å². The number of hydrogen-bond acceptors (Lipinski definition) is 4. The minimum Gasteiger partial charge on any atom is -0.413 e. The predicted octanol–water partition coefficient (Wildman–Crippen LogP) is 9.61. The number of nitrogens with one attached hydrogen (secondary N) is 1. The fourth-order valence-corrected chi connectivity index (χ4v) is 8.19. The molecule has 8 atom stereocenters. The summed E-state index contributed by atoms with van der Waals surface area (Å²) in [7, 11) is -1.96. The van der Waals surface area contributed by atoms with E-state index in [-0.39, 0.29) is 40.0 Å². The summed E-state index contributed by atoms with van der Waals surface area (Å²) in [5.41, 5.74) is 1.37. The van der Waals surface area contributed by atoms with Crippen LogP contribution in [0.25, 0.3) is 0 Å². The second kappa shape index (κ2) is 16.5. The standard InChI is InChI=1S/C35H71NO3Si2/c1-19-20-21-26(3)31(37)30(7)33(39-41(17,18)35(11,12)13)28(5)23-25(2)22-27(4)32(29(6)24-36-14)38-40(15,16)34(8,9)10/h19-22,26-33,36-37H,1,23-24H2,2-18H3/t26-,27-,28-,29-,30+,31-,32+,33+/m0/s1. The van der Waals surface area contributed by atoms with Crippen molar-refractivity contribution in [3.05, 3.63) is 36.5 Å². The first-order valence-corrected chi connectivity index (χ1v) is 21.9. The van der Waals surface area contributed by atoms with E-state index in [2.05, 4.69) is 127 Å². The Bertz CT molecular complexity index is 837. The summed E-state index contributed by atoms with van der Waals surface area (Å²) in [4.78, 5) is 0. The van der Waals surface area contributed by atoms with Crippen molar-refractivity contribution in [3.8, 4) is 0 Å². The van der Waals surface area contributed by atoms with E-state index >= 15 is 0 Å². The summed E-state index contributed by atoms with van der Waals surface area (Å²) >= 11 is 0. The third kappa shape index (κ3) is 12.6. The molecule has 0 saturated carbocycles. The van der Waals surface area contributed by atoms with Gasteiger partial charge in [0.05, 0.1) is 18.3 Å². The van der Waals surface area contributed by atoms with Gasteiger partial charge in [0.1, 0.15) is 0 Å². The van der Waals surface area contributed by atoms with Gasteiger partial charge in [-0.05, 0) is 81.0 Å². The lowest BCUT2D eigenvalue weighted by Crippen LogP contribution is -2.50. The van der Waals surface area contributed by atoms with Gasteiger partial charge in [-0.15, -0.1) is 0 Å². The maximum atomic E-state index is 11.4. The lowest BCUT2D eigenvalue weighted by molar-refractivity contribution is -0.0133. The first kappa shape index (κ1) is 40.5. The van der Waals surface area contributed by atoms with E-state index in [0.29, 0.717) is 11.8 Å². The molecule has 0 unspecified atom stereocenters. The number of allylic oxidation sites excluding steroid dienone is 3. The van der Waals surface area contributed by atoms with Crippen LogP contribution in [0.1, 0.15) is 89.5 Å². The molecule has 0 aliphatic rings. The maximum Gasteiger partial charge on any atom is 0.192 e. The molecule has 0 aliphatic carbocycles. The minimum absolute atomic E-state index is 0.000804. The van der Waals surface area contributed by atoms with E-state index in [9.17, 15) is 5.11 Å². The van der Waals surface area contributed by atoms with E-state index in [0.717, 1.165) is 13.0 Å². The van der Waals surface area contributed by atoms with Crippen molar-refractivity contribution >= 4 is 16.6 Å². The molecule has 0 aromatic rings. The molecule has 0 aliphatic heterocycles. The van der Waals surface area contributed by atoms with E-state index in [4.69, 9.17) is 8.85 Å². The normalized spacial score (nSPS) is 20.3. The van der Waals surface area contributed by atoms with Crippen LogP contribution in [0.15, 0.2) is 36.5 Å². The monoisotopic (exact) mass is 609 g/mol. The molecule has 0 saturated heterocycles. The van der Waals surface area contributed by atoms with Crippen LogP contribution >= 0.6 is 0 Å². The van der Waals surface area contributed by atoms with Crippen molar-refractivity contribution in [1.82, 2.24) is 5.32 Å². The van der Waals surface area contributed by atoms with Gasteiger partial charge < -0.3 is 19.3 Å². The lowest BCUT2D eigenvalue weighted by Gasteiger charge is -2.44. The number of rotatable bonds is 17. The van der Waals surface area contributed by atoms with Crippen LogP contribution in [0.5, 0.6) is 0 Å². The van der Waals surface area contributed by atoms with Gasteiger partial charge in [-0.3, -0.25) is 0 Å². The lowest BCUT2D eigenvalue weighted by atomic mass is 9.81. The van der Waals surface area contributed by atoms with Crippen molar-refractivity contribution < 1.29 is 14.0 Å². The Balaban J connectivity index is 6.22. The zero-order chi connectivity index (χ0) is 32.6. The average Bonchev–Trinajstić information content (AvgIpc) is 2.81. The summed E-state index contributed by atoms with van der Waals surface area (Å²) in [6, 6.07) is 0. The zero-order valence-corrected chi connectivity index (χ0v) is 32.3. The summed E-state index contributed by atoms with van der Waals surface area (Å²) < 4.78 is 14.2. The number of hydrogen-bond donors (Lipinski definition) is 2. The van der Waals surface area contributed by atoms with Crippen LogP contribution < -0.4 is 5.32 Å². The summed E-state index contributed by atoms with van der Waals surface area (Å²) in [5, 5.41) is 15.0. The third-order valence-corrected chi connectivity index (χ3v) is 18.9. The van der Waals surface area contributed by atoms with Gasteiger partial charge in [-0.25, -0.2) is 0 Å². The zero-order valence-electron chi connectivity index (χ0n) is 30.3. The topological polar surface area (TPSA) is 50.7 Å². The smallest absolute Gasteiger partial charge is 0.192 e. The fraction of sp³-hybridized carbons (Fsp3) is 0.829. The summed E-state index contributed by atoms with van der Waals surface area (Å²) in [6.07, 6.45) is 8.76. The first-order chi connectivity index (χ1) is 18.4. The van der Waals surface area contributed by atoms with Crippen LogP contribution in [0, 0.1) is 29.6 Å². The Hall–Kier alpha value is -0.506. The molecule has 0 heterocycles. The van der Waals surface area contributed by atoms with Gasteiger partial charge in [0.15, 0.2) is 16.6 Å². The molecule has 0 amide bonds. The summed E-state index contributed by atoms with van der Waals surface area (Å²) in [5.74, 6) is 0.993. The molecule has 0 fully saturated rings. The van der Waals surface area contributed by atoms with Crippen LogP contribution in [0.2, 0.25) is 36.3 Å². The van der Waals surface area contributed by atoms with Gasteiger partial charge in [-0.1, -0.05) is 113 Å². The molecular formula is C35H71NO3Si2. The highest BCUT2D eigenvalue weighted by Crippen LogP contribution is 2.42. The highest BCUT2D eigenvalue weighted by Gasteiger charge is 2.43. The maximum absolute atomic E-state index is 11.4. The van der Waals surface area contributed by atoms with Crippen LogP contribution in [-0.4, -0.2) is 53.6 Å². The van der Waals surface area contributed by atoms with Gasteiger partial charge in [0.2, 0.25) is 0 Å². The van der Waals surface area contributed by atoms with Crippen molar-refractivity contribution in [1.29, 1.82) is 0 Å². The molecule has 6 heteroatoms. The predicted molar refractivity (Wildman–Crippen MR) is 188 cm³/mol. The SMILES string of the molecule is C=CC=C[C@H](C)[C@H](O)[C@@H](C)[C@H](O[Si](C)(C)C(C)(C)C)[C@@H](C)CC(C)=C[C@H](C)[C@@H](O[Si](C)(C)C(C)(C)C)[C@@H](C)CNC. The number of aliphatic hydroxyl groups excluding tert-OH is 1. The quantitative estimate of drug-likeness (QED) is 0.0979. The first-order valence-electron chi connectivity index (χ1n) is 16.1. The Morgan fingerprint density at radius 1 is 0.829 bits per heavy atom. The molecule has 0 aromatic heterocycles. The van der Waals surface area contributed by atoms with E-state index in [1.165, 1.54) is 5.57 Å². The largest absolute Gasteiger partial charge is 0.413 e. The van der Waals surface area contributed by atoms with Crippen LogP contribution in [0.3, 0.4) is 0 Å². The second-order valence-corrected chi connectivity index (χ2v) is 25.6. The minimum atomic E-state index is -2.06. The molecule has 4 nitrogen and oxygen atoms in total. The average molecular weight is 610 g/mol. The van der Waals surface area contributed by atoms with Crippen molar-refractivity contribution in [3.63, 3.8) is 0 Å². The molecular weight excluding hydrogens is 539 g/mol. The number of aliphatic hydroxyl groups is 1. The molecule has 0 spiro atoms. The molecule has 41 heavy (non-hydrogen) atoms. The van der Waals surface area contributed by atoms with Gasteiger partial charge in [-0.2, -0.15) is 0 Å². The molecule has 242 valence electrons. The Kier molecular flexibility index (Phi) is 16.3. The van der Waals surface area contributed by atoms with Crippen LogP contribution in [0.4, 0.5) is 0 Å². The van der Waals surface area contributed by atoms with Gasteiger partial charge in [0, 0.05) is 11.8 Å². The molecule has 0 rings (SSSR count). The van der Waals surface area contributed by atoms with E-state index < -0.39 is 22.7 Å². The summed E-state index contributed by atoms with van der Waals surface area (Å²) in [6.45, 7) is 41.4. The molecule has 0 bridgehead atoms. The van der Waals surface area contributed by atoms with Crippen molar-refractivity contribution in [2.75, 3.05) is 13.6 Å². The Labute approximate surface area is 259 Å². The molecule has 0 aromatic carbocycles. The molecule has 2 N–H and O–H groups in total. The second-order valence-electron chi connectivity index (χ2n) is 16.1. The van der Waals surface area contributed by atoms with Crippen molar-refractivity contribution in [2.45, 2.75) is 144 Å². The van der Waals surface area contributed by atoms with Gasteiger partial charge >= 0.3 is 0 Å². The Morgan fingerprint density at radius 2 is 1.29 bits per heavy atom. The fourth-order valence-electron chi connectivity index (χ4n) is 5.23. The van der Waals surface area contributed by atoms with Gasteiger partial charge in [0.25, 0.3) is 0 Å². The highest BCUT2D eigenvalue weighted by atomic mass is 28.4.